The molecule has 1 N–H and O–H groups in total. The van der Waals surface area contributed by atoms with E-state index in [0.29, 0.717) is 39.4 Å². The van der Waals surface area contributed by atoms with Crippen molar-refractivity contribution in [2.75, 3.05) is 53.1 Å². The zero-order valence-electron chi connectivity index (χ0n) is 28.1. The first-order valence-corrected chi connectivity index (χ1v) is 15.4. The van der Waals surface area contributed by atoms with Crippen LogP contribution < -0.4 is 10.1 Å². The summed E-state index contributed by atoms with van der Waals surface area (Å²) in [7, 11) is 2.15. The Balaban J connectivity index is 2.27. The largest absolute Gasteiger partial charge is 0.491 e. The second-order valence-electron chi connectivity index (χ2n) is 14.2. The fourth-order valence-corrected chi connectivity index (χ4v) is 4.38. The number of carbonyl (C=O) groups is 1. The van der Waals surface area contributed by atoms with E-state index in [1.807, 2.05) is 13.8 Å². The van der Waals surface area contributed by atoms with Gasteiger partial charge in [0.1, 0.15) is 12.4 Å². The number of hydrogen-bond donors (Lipinski definition) is 1. The van der Waals surface area contributed by atoms with Crippen molar-refractivity contribution in [2.45, 2.75) is 113 Å². The standard InChI is InChI=1S/C34H62N2O4/c1-26(2)14-19-36(12)18-13-17-35-31(37)33(8,9)15-21-40-34(10,11)16-20-38-22-23-39-30-27(3)24-29(25-28(30)4)32(5,6)7/h24-26H,13-23H2,1-12H3,(H,35,37). The van der Waals surface area contributed by atoms with E-state index in [1.54, 1.807) is 0 Å². The third-order valence-corrected chi connectivity index (χ3v) is 7.57. The van der Waals surface area contributed by atoms with Crippen molar-refractivity contribution in [3.8, 4) is 5.75 Å². The van der Waals surface area contributed by atoms with Crippen molar-refractivity contribution in [3.63, 3.8) is 0 Å². The molecule has 0 atom stereocenters. The highest BCUT2D eigenvalue weighted by atomic mass is 16.5. The fraction of sp³-hybridized carbons (Fsp3) is 0.794. The monoisotopic (exact) mass is 562 g/mol. The first-order valence-electron chi connectivity index (χ1n) is 15.4. The van der Waals surface area contributed by atoms with Crippen LogP contribution in [0.25, 0.3) is 0 Å². The lowest BCUT2D eigenvalue weighted by atomic mass is 9.85. The molecule has 1 aromatic carbocycles. The minimum atomic E-state index is -0.463. The van der Waals surface area contributed by atoms with Crippen LogP contribution in [0.4, 0.5) is 0 Å². The van der Waals surface area contributed by atoms with E-state index in [9.17, 15) is 4.79 Å². The van der Waals surface area contributed by atoms with Gasteiger partial charge in [-0.05, 0) is 102 Å². The minimum absolute atomic E-state index is 0.0978. The lowest BCUT2D eigenvalue weighted by Crippen LogP contribution is -2.39. The second-order valence-corrected chi connectivity index (χ2v) is 14.2. The summed E-state index contributed by atoms with van der Waals surface area (Å²) in [6, 6.07) is 4.45. The van der Waals surface area contributed by atoms with Gasteiger partial charge in [-0.25, -0.2) is 0 Å². The van der Waals surface area contributed by atoms with Crippen molar-refractivity contribution in [2.24, 2.45) is 11.3 Å². The summed E-state index contributed by atoms with van der Waals surface area (Å²) in [5, 5.41) is 3.12. The first kappa shape index (κ1) is 36.4. The van der Waals surface area contributed by atoms with Gasteiger partial charge < -0.3 is 24.4 Å². The number of aryl methyl sites for hydroxylation is 2. The zero-order chi connectivity index (χ0) is 30.6. The summed E-state index contributed by atoms with van der Waals surface area (Å²) in [4.78, 5) is 15.1. The molecule has 0 radical (unpaired) electrons. The molecule has 0 aromatic heterocycles. The molecule has 0 unspecified atom stereocenters. The van der Waals surface area contributed by atoms with Gasteiger partial charge in [0, 0.05) is 25.2 Å². The van der Waals surface area contributed by atoms with E-state index >= 15 is 0 Å². The maximum absolute atomic E-state index is 12.7. The molecular formula is C34H62N2O4. The molecule has 6 heteroatoms. The highest BCUT2D eigenvalue weighted by Gasteiger charge is 2.28. The normalized spacial score (nSPS) is 12.8. The average Bonchev–Trinajstić information content (AvgIpc) is 2.82. The highest BCUT2D eigenvalue weighted by molar-refractivity contribution is 5.81. The van der Waals surface area contributed by atoms with Gasteiger partial charge in [0.15, 0.2) is 0 Å². The van der Waals surface area contributed by atoms with Crippen molar-refractivity contribution in [1.82, 2.24) is 10.2 Å². The molecule has 6 nitrogen and oxygen atoms in total. The lowest BCUT2D eigenvalue weighted by Gasteiger charge is -2.29. The molecule has 40 heavy (non-hydrogen) atoms. The van der Waals surface area contributed by atoms with E-state index in [-0.39, 0.29) is 16.9 Å². The van der Waals surface area contributed by atoms with Crippen molar-refractivity contribution >= 4 is 5.91 Å². The van der Waals surface area contributed by atoms with Gasteiger partial charge in [0.2, 0.25) is 5.91 Å². The third kappa shape index (κ3) is 14.3. The molecule has 232 valence electrons. The highest BCUT2D eigenvalue weighted by Crippen LogP contribution is 2.31. The fourth-order valence-electron chi connectivity index (χ4n) is 4.38. The van der Waals surface area contributed by atoms with Gasteiger partial charge in [-0.2, -0.15) is 0 Å². The minimum Gasteiger partial charge on any atom is -0.491 e. The van der Waals surface area contributed by atoms with Gasteiger partial charge in [-0.1, -0.05) is 60.6 Å². The Bertz CT molecular complexity index is 863. The van der Waals surface area contributed by atoms with Gasteiger partial charge in [-0.15, -0.1) is 0 Å². The Labute approximate surface area is 246 Å². The molecule has 0 spiro atoms. The molecule has 0 fully saturated rings. The molecule has 0 aliphatic heterocycles. The predicted molar refractivity (Wildman–Crippen MR) is 169 cm³/mol. The number of hydrogen-bond acceptors (Lipinski definition) is 5. The van der Waals surface area contributed by atoms with Gasteiger partial charge in [0.05, 0.1) is 12.2 Å². The lowest BCUT2D eigenvalue weighted by molar-refractivity contribution is -0.131. The average molecular weight is 563 g/mol. The van der Waals surface area contributed by atoms with Crippen LogP contribution in [0, 0.1) is 25.2 Å². The van der Waals surface area contributed by atoms with Gasteiger partial charge in [0.25, 0.3) is 0 Å². The number of carbonyl (C=O) groups excluding carboxylic acids is 1. The Morgan fingerprint density at radius 1 is 0.900 bits per heavy atom. The predicted octanol–water partition coefficient (Wildman–Crippen LogP) is 7.08. The van der Waals surface area contributed by atoms with Crippen LogP contribution in [0.15, 0.2) is 12.1 Å². The molecule has 1 aromatic rings. The summed E-state index contributed by atoms with van der Waals surface area (Å²) in [5.41, 5.74) is 3.01. The summed E-state index contributed by atoms with van der Waals surface area (Å²) < 4.78 is 18.1. The number of rotatable bonds is 19. The molecule has 1 rings (SSSR count). The van der Waals surface area contributed by atoms with Crippen LogP contribution in [-0.4, -0.2) is 69.5 Å². The molecule has 0 aliphatic rings. The van der Waals surface area contributed by atoms with E-state index in [2.05, 4.69) is 91.7 Å². The number of nitrogens with one attached hydrogen (secondary N) is 1. The smallest absolute Gasteiger partial charge is 0.225 e. The molecule has 0 saturated carbocycles. The SMILES string of the molecule is Cc1cc(C(C)(C)C)cc(C)c1OCCOCCC(C)(C)OCCC(C)(C)C(=O)NCCCN(C)CCC(C)C. The molecule has 0 aliphatic carbocycles. The van der Waals surface area contributed by atoms with Crippen LogP contribution in [0.3, 0.4) is 0 Å². The summed E-state index contributed by atoms with van der Waals surface area (Å²) in [5.74, 6) is 1.78. The van der Waals surface area contributed by atoms with Gasteiger partial charge >= 0.3 is 0 Å². The maximum Gasteiger partial charge on any atom is 0.225 e. The number of amides is 1. The second kappa shape index (κ2) is 16.7. The molecule has 0 saturated heterocycles. The Morgan fingerprint density at radius 3 is 2.10 bits per heavy atom. The Kier molecular flexibility index (Phi) is 15.2. The third-order valence-electron chi connectivity index (χ3n) is 7.57. The van der Waals surface area contributed by atoms with Crippen molar-refractivity contribution in [1.29, 1.82) is 0 Å². The molecule has 0 heterocycles. The van der Waals surface area contributed by atoms with E-state index in [0.717, 1.165) is 37.6 Å². The van der Waals surface area contributed by atoms with E-state index < -0.39 is 5.41 Å². The number of ether oxygens (including phenoxy) is 3. The van der Waals surface area contributed by atoms with Crippen LogP contribution in [-0.2, 0) is 19.7 Å². The zero-order valence-corrected chi connectivity index (χ0v) is 28.1. The molecule has 0 bridgehead atoms. The number of nitrogens with zero attached hydrogens (tertiary/aromatic N) is 1. The van der Waals surface area contributed by atoms with Crippen molar-refractivity contribution < 1.29 is 19.0 Å². The number of benzene rings is 1. The van der Waals surface area contributed by atoms with Crippen molar-refractivity contribution in [3.05, 3.63) is 28.8 Å². The molecule has 1 amide bonds. The maximum atomic E-state index is 12.7. The quantitative estimate of drug-likeness (QED) is 0.183. The van der Waals surface area contributed by atoms with E-state index in [1.165, 1.54) is 23.1 Å². The van der Waals surface area contributed by atoms with Gasteiger partial charge in [-0.3, -0.25) is 4.79 Å². The summed E-state index contributed by atoms with van der Waals surface area (Å²) in [6.07, 6.45) is 3.63. The Morgan fingerprint density at radius 2 is 1.52 bits per heavy atom. The van der Waals surface area contributed by atoms with E-state index in [4.69, 9.17) is 14.2 Å². The molecular weight excluding hydrogens is 500 g/mol. The van der Waals surface area contributed by atoms with Crippen LogP contribution in [0.5, 0.6) is 5.75 Å². The van der Waals surface area contributed by atoms with Crippen LogP contribution in [0.2, 0.25) is 0 Å². The first-order chi connectivity index (χ1) is 18.4. The summed E-state index contributed by atoms with van der Waals surface area (Å²) in [6.45, 7) is 28.6. The topological polar surface area (TPSA) is 60.0 Å². The Hall–Kier alpha value is -1.63. The van der Waals surface area contributed by atoms with Crippen LogP contribution >= 0.6 is 0 Å². The summed E-state index contributed by atoms with van der Waals surface area (Å²) >= 11 is 0. The van der Waals surface area contributed by atoms with Crippen LogP contribution in [0.1, 0.15) is 105 Å².